The van der Waals surface area contributed by atoms with E-state index in [0.717, 1.165) is 12.0 Å². The van der Waals surface area contributed by atoms with Gasteiger partial charge in [0.1, 0.15) is 5.82 Å². The third-order valence-corrected chi connectivity index (χ3v) is 2.63. The summed E-state index contributed by atoms with van der Waals surface area (Å²) in [5.74, 6) is -0.510. The van der Waals surface area contributed by atoms with Crippen molar-refractivity contribution >= 4 is 5.91 Å². The van der Waals surface area contributed by atoms with E-state index in [-0.39, 0.29) is 11.7 Å². The van der Waals surface area contributed by atoms with Crippen LogP contribution in [0.25, 0.3) is 0 Å². The van der Waals surface area contributed by atoms with Gasteiger partial charge in [-0.1, -0.05) is 25.5 Å². The highest BCUT2D eigenvalue weighted by molar-refractivity contribution is 5.85. The van der Waals surface area contributed by atoms with Crippen LogP contribution < -0.4 is 11.1 Å². The molecule has 0 aliphatic heterocycles. The lowest BCUT2D eigenvalue weighted by Crippen LogP contribution is -2.51. The molecule has 0 radical (unpaired) electrons. The van der Waals surface area contributed by atoms with Crippen LogP contribution in [0.3, 0.4) is 0 Å². The minimum Gasteiger partial charge on any atom is -0.350 e. The summed E-state index contributed by atoms with van der Waals surface area (Å²) in [5, 5.41) is 2.72. The minimum atomic E-state index is -0.859. The minimum absolute atomic E-state index is 0.205. The van der Waals surface area contributed by atoms with E-state index >= 15 is 0 Å². The Hall–Kier alpha value is -1.42. The van der Waals surface area contributed by atoms with Gasteiger partial charge in [0.25, 0.3) is 0 Å². The summed E-state index contributed by atoms with van der Waals surface area (Å²) in [6.07, 6.45) is 1.47. The molecule has 0 saturated carbocycles. The zero-order valence-electron chi connectivity index (χ0n) is 10.3. The number of carbonyl (C=O) groups excluding carboxylic acids is 1. The number of halogens is 1. The van der Waals surface area contributed by atoms with E-state index in [1.165, 1.54) is 12.1 Å². The second-order valence-corrected chi connectivity index (χ2v) is 4.48. The zero-order chi connectivity index (χ0) is 12.9. The maximum Gasteiger partial charge on any atom is 0.240 e. The average molecular weight is 238 g/mol. The monoisotopic (exact) mass is 238 g/mol. The summed E-state index contributed by atoms with van der Waals surface area (Å²) >= 11 is 0. The van der Waals surface area contributed by atoms with Gasteiger partial charge < -0.3 is 11.1 Å². The van der Waals surface area contributed by atoms with E-state index in [1.807, 2.05) is 6.92 Å². The fourth-order valence-corrected chi connectivity index (χ4v) is 1.66. The number of rotatable bonds is 5. The molecular weight excluding hydrogens is 219 g/mol. The summed E-state index contributed by atoms with van der Waals surface area (Å²) in [4.78, 5) is 11.8. The Bertz CT molecular complexity index is 391. The number of nitrogens with two attached hydrogens (primary N) is 1. The molecule has 0 aromatic heterocycles. The topological polar surface area (TPSA) is 55.1 Å². The molecule has 1 aromatic rings. The van der Waals surface area contributed by atoms with E-state index in [2.05, 4.69) is 5.32 Å². The lowest BCUT2D eigenvalue weighted by Gasteiger charge is -2.22. The Kier molecular flexibility index (Phi) is 4.63. The number of hydrogen-bond donors (Lipinski definition) is 2. The number of hydrogen-bond acceptors (Lipinski definition) is 2. The lowest BCUT2D eigenvalue weighted by atomic mass is 9.96. The number of benzene rings is 1. The summed E-state index contributed by atoms with van der Waals surface area (Å²) in [6, 6.07) is 6.14. The van der Waals surface area contributed by atoms with Gasteiger partial charge in [-0.2, -0.15) is 0 Å². The van der Waals surface area contributed by atoms with Crippen molar-refractivity contribution < 1.29 is 9.18 Å². The van der Waals surface area contributed by atoms with Crippen LogP contribution in [0.2, 0.25) is 0 Å². The molecule has 0 bridgehead atoms. The highest BCUT2D eigenvalue weighted by atomic mass is 19.1. The molecule has 1 aromatic carbocycles. The first-order valence-electron chi connectivity index (χ1n) is 5.77. The van der Waals surface area contributed by atoms with Crippen molar-refractivity contribution in [1.82, 2.24) is 5.32 Å². The fourth-order valence-electron chi connectivity index (χ4n) is 1.66. The molecule has 4 heteroatoms. The maximum absolute atomic E-state index is 12.9. The van der Waals surface area contributed by atoms with Crippen molar-refractivity contribution in [3.63, 3.8) is 0 Å². The third-order valence-electron chi connectivity index (χ3n) is 2.63. The van der Waals surface area contributed by atoms with E-state index in [9.17, 15) is 9.18 Å². The Morgan fingerprint density at radius 3 is 2.82 bits per heavy atom. The molecule has 3 nitrogen and oxygen atoms in total. The van der Waals surface area contributed by atoms with Crippen LogP contribution >= 0.6 is 0 Å². The average Bonchev–Trinajstić information content (AvgIpc) is 2.26. The molecule has 0 aliphatic carbocycles. The van der Waals surface area contributed by atoms with Gasteiger partial charge in [-0.05, 0) is 31.0 Å². The van der Waals surface area contributed by atoms with E-state index in [1.54, 1.807) is 19.1 Å². The van der Waals surface area contributed by atoms with E-state index < -0.39 is 5.54 Å². The van der Waals surface area contributed by atoms with Crippen molar-refractivity contribution in [3.05, 3.63) is 35.6 Å². The van der Waals surface area contributed by atoms with Crippen molar-refractivity contribution in [3.8, 4) is 0 Å². The van der Waals surface area contributed by atoms with Crippen LogP contribution in [0, 0.1) is 5.82 Å². The van der Waals surface area contributed by atoms with Crippen LogP contribution in [0.15, 0.2) is 24.3 Å². The van der Waals surface area contributed by atoms with Gasteiger partial charge in [0.15, 0.2) is 0 Å². The van der Waals surface area contributed by atoms with E-state index in [0.29, 0.717) is 13.0 Å². The zero-order valence-corrected chi connectivity index (χ0v) is 10.3. The molecule has 0 saturated heterocycles. The molecule has 0 heterocycles. The van der Waals surface area contributed by atoms with Crippen LogP contribution in [0.4, 0.5) is 4.39 Å². The van der Waals surface area contributed by atoms with Crippen molar-refractivity contribution in [2.45, 2.75) is 38.8 Å². The molecule has 0 aliphatic rings. The molecule has 17 heavy (non-hydrogen) atoms. The summed E-state index contributed by atoms with van der Waals surface area (Å²) in [6.45, 7) is 3.98. The van der Waals surface area contributed by atoms with Gasteiger partial charge in [-0.3, -0.25) is 4.79 Å². The molecule has 1 amide bonds. The molecule has 0 spiro atoms. The van der Waals surface area contributed by atoms with Crippen LogP contribution in [0.1, 0.15) is 32.3 Å². The molecule has 1 rings (SSSR count). The van der Waals surface area contributed by atoms with Crippen LogP contribution in [-0.2, 0) is 11.3 Å². The molecular formula is C13H19FN2O. The fraction of sp³-hybridized carbons (Fsp3) is 0.462. The highest BCUT2D eigenvalue weighted by Crippen LogP contribution is 2.09. The quantitative estimate of drug-likeness (QED) is 0.824. The standard InChI is InChI=1S/C13H19FN2O/c1-3-7-13(2,15)12(17)16-9-10-5-4-6-11(14)8-10/h4-6,8H,3,7,9,15H2,1-2H3,(H,16,17). The first-order chi connectivity index (χ1) is 7.95. The van der Waals surface area contributed by atoms with Crippen LogP contribution in [0.5, 0.6) is 0 Å². The molecule has 0 fully saturated rings. The van der Waals surface area contributed by atoms with Crippen molar-refractivity contribution in [2.75, 3.05) is 0 Å². The normalized spacial score (nSPS) is 14.1. The second kappa shape index (κ2) is 5.77. The Balaban J connectivity index is 2.54. The Morgan fingerprint density at radius 1 is 1.53 bits per heavy atom. The van der Waals surface area contributed by atoms with Gasteiger partial charge >= 0.3 is 0 Å². The number of carbonyl (C=O) groups is 1. The maximum atomic E-state index is 12.9. The first-order valence-corrected chi connectivity index (χ1v) is 5.77. The molecule has 3 N–H and O–H groups in total. The molecule has 1 atom stereocenters. The predicted octanol–water partition coefficient (Wildman–Crippen LogP) is 1.96. The van der Waals surface area contributed by atoms with E-state index in [4.69, 9.17) is 5.73 Å². The smallest absolute Gasteiger partial charge is 0.240 e. The molecule has 94 valence electrons. The van der Waals surface area contributed by atoms with Gasteiger partial charge in [-0.15, -0.1) is 0 Å². The third kappa shape index (κ3) is 4.15. The number of amides is 1. The number of nitrogens with one attached hydrogen (secondary N) is 1. The van der Waals surface area contributed by atoms with Gasteiger partial charge in [0.05, 0.1) is 5.54 Å². The van der Waals surface area contributed by atoms with Crippen molar-refractivity contribution in [2.24, 2.45) is 5.73 Å². The molecule has 1 unspecified atom stereocenters. The summed E-state index contributed by atoms with van der Waals surface area (Å²) in [7, 11) is 0. The van der Waals surface area contributed by atoms with Gasteiger partial charge in [0, 0.05) is 6.54 Å². The second-order valence-electron chi connectivity index (χ2n) is 4.48. The lowest BCUT2D eigenvalue weighted by molar-refractivity contribution is -0.126. The van der Waals surface area contributed by atoms with Gasteiger partial charge in [0.2, 0.25) is 5.91 Å². The van der Waals surface area contributed by atoms with Crippen LogP contribution in [-0.4, -0.2) is 11.4 Å². The van der Waals surface area contributed by atoms with Crippen molar-refractivity contribution in [1.29, 1.82) is 0 Å². The highest BCUT2D eigenvalue weighted by Gasteiger charge is 2.26. The Morgan fingerprint density at radius 2 is 2.24 bits per heavy atom. The first kappa shape index (κ1) is 13.6. The summed E-state index contributed by atoms with van der Waals surface area (Å²) in [5.41, 5.74) is 5.75. The van der Waals surface area contributed by atoms with Gasteiger partial charge in [-0.25, -0.2) is 4.39 Å². The largest absolute Gasteiger partial charge is 0.350 e. The summed E-state index contributed by atoms with van der Waals surface area (Å²) < 4.78 is 12.9. The predicted molar refractivity (Wildman–Crippen MR) is 65.7 cm³/mol. The SMILES string of the molecule is CCCC(C)(N)C(=O)NCc1cccc(F)c1. The Labute approximate surface area is 101 Å².